The molecule has 0 aromatic carbocycles. The molecule has 0 saturated heterocycles. The minimum Gasteiger partial charge on any atom is -0.261 e. The number of rotatable bonds is 9. The van der Waals surface area contributed by atoms with Crippen LogP contribution in [0.4, 0.5) is 0 Å². The normalized spacial score (nSPS) is 12.1. The summed E-state index contributed by atoms with van der Waals surface area (Å²) in [6, 6.07) is 0. The van der Waals surface area contributed by atoms with E-state index in [1.54, 1.807) is 0 Å². The van der Waals surface area contributed by atoms with Crippen molar-refractivity contribution in [1.29, 1.82) is 0 Å². The zero-order chi connectivity index (χ0) is 13.1. The van der Waals surface area contributed by atoms with Gasteiger partial charge in [0.05, 0.1) is 0 Å². The van der Waals surface area contributed by atoms with Gasteiger partial charge in [0.25, 0.3) is 0 Å². The van der Waals surface area contributed by atoms with Crippen molar-refractivity contribution in [3.8, 4) is 0 Å². The monoisotopic (exact) mass is 233 g/mol. The van der Waals surface area contributed by atoms with Gasteiger partial charge < -0.3 is 0 Å². The van der Waals surface area contributed by atoms with Crippen LogP contribution in [0.25, 0.3) is 0 Å². The van der Waals surface area contributed by atoms with E-state index in [0.717, 1.165) is 25.0 Å². The van der Waals surface area contributed by atoms with Crippen molar-refractivity contribution in [2.75, 3.05) is 0 Å². The Labute approximate surface area is 107 Å². The van der Waals surface area contributed by atoms with Gasteiger partial charge in [0.15, 0.2) is 0 Å². The third kappa shape index (κ3) is 8.67. The maximum absolute atomic E-state index is 4.39. The lowest BCUT2D eigenvalue weighted by molar-refractivity contribution is 0.705. The van der Waals surface area contributed by atoms with Gasteiger partial charge in [0.2, 0.25) is 0 Å². The van der Waals surface area contributed by atoms with E-state index in [2.05, 4.69) is 38.1 Å². The summed E-state index contributed by atoms with van der Waals surface area (Å²) in [6.07, 6.45) is 10.7. The predicted molar refractivity (Wildman–Crippen MR) is 79.6 cm³/mol. The Balaban J connectivity index is 3.97. The van der Waals surface area contributed by atoms with E-state index < -0.39 is 0 Å². The van der Waals surface area contributed by atoms with Crippen LogP contribution in [0.1, 0.15) is 59.3 Å². The summed E-state index contributed by atoms with van der Waals surface area (Å²) in [5.41, 5.74) is 3.42. The topological polar surface area (TPSA) is 12.4 Å². The minimum absolute atomic E-state index is 0.834. The van der Waals surface area contributed by atoms with Gasteiger partial charge in [-0.3, -0.25) is 4.99 Å². The van der Waals surface area contributed by atoms with E-state index in [1.807, 2.05) is 13.1 Å². The summed E-state index contributed by atoms with van der Waals surface area (Å²) in [5, 5.41) is 0. The molecule has 0 aromatic heterocycles. The smallest absolute Gasteiger partial charge is 0.0372 e. The van der Waals surface area contributed by atoms with Crippen molar-refractivity contribution in [1.82, 2.24) is 0 Å². The first-order valence-corrected chi connectivity index (χ1v) is 6.67. The molecule has 0 amide bonds. The highest BCUT2D eigenvalue weighted by molar-refractivity contribution is 5.79. The van der Waals surface area contributed by atoms with Gasteiger partial charge in [-0.1, -0.05) is 51.5 Å². The molecule has 0 unspecified atom stereocenters. The molecule has 0 saturated carbocycles. The molecule has 0 aliphatic heterocycles. The van der Waals surface area contributed by atoms with Gasteiger partial charge in [0, 0.05) is 18.3 Å². The largest absolute Gasteiger partial charge is 0.261 e. The fourth-order valence-corrected chi connectivity index (χ4v) is 1.59. The van der Waals surface area contributed by atoms with Crippen LogP contribution in [0.5, 0.6) is 0 Å². The molecule has 0 rings (SSSR count). The summed E-state index contributed by atoms with van der Waals surface area (Å²) in [7, 11) is 0. The van der Waals surface area contributed by atoms with Gasteiger partial charge in [-0.05, 0) is 31.8 Å². The van der Waals surface area contributed by atoms with E-state index in [1.165, 1.54) is 30.4 Å². The molecule has 1 heteroatoms. The molecule has 96 valence electrons. The second-order valence-corrected chi connectivity index (χ2v) is 4.43. The Morgan fingerprint density at radius 3 is 2.41 bits per heavy atom. The first-order chi connectivity index (χ1) is 8.13. The lowest BCUT2D eigenvalue weighted by Gasteiger charge is -2.04. The molecular formula is C16H27N. The fourth-order valence-electron chi connectivity index (χ4n) is 1.59. The highest BCUT2D eigenvalue weighted by atomic mass is 14.7. The minimum atomic E-state index is 0.834. The summed E-state index contributed by atoms with van der Waals surface area (Å²) >= 11 is 0. The maximum Gasteiger partial charge on any atom is 0.0372 e. The quantitative estimate of drug-likeness (QED) is 0.285. The number of nitrogens with zero attached hydrogens (tertiary/aromatic N) is 1. The third-order valence-corrected chi connectivity index (χ3v) is 2.78. The highest BCUT2D eigenvalue weighted by Gasteiger charge is 1.97. The SMILES string of the molecule is C=C(CCCCC)CC(=C)N=C/C(=C\C)CC. The molecule has 17 heavy (non-hydrogen) atoms. The van der Waals surface area contributed by atoms with Crippen LogP contribution >= 0.6 is 0 Å². The van der Waals surface area contributed by atoms with Crippen LogP contribution in [-0.2, 0) is 0 Å². The molecule has 0 atom stereocenters. The lowest BCUT2D eigenvalue weighted by atomic mass is 10.1. The van der Waals surface area contributed by atoms with Gasteiger partial charge in [-0.25, -0.2) is 0 Å². The molecule has 0 N–H and O–H groups in total. The van der Waals surface area contributed by atoms with Crippen molar-refractivity contribution in [3.05, 3.63) is 36.1 Å². The molecule has 0 radical (unpaired) electrons. The van der Waals surface area contributed by atoms with Gasteiger partial charge in [0.1, 0.15) is 0 Å². The number of unbranched alkanes of at least 4 members (excludes halogenated alkanes) is 2. The third-order valence-electron chi connectivity index (χ3n) is 2.78. The average Bonchev–Trinajstić information content (AvgIpc) is 2.30. The molecule has 0 spiro atoms. The number of hydrogen-bond acceptors (Lipinski definition) is 1. The summed E-state index contributed by atoms with van der Waals surface area (Å²) in [4.78, 5) is 4.39. The van der Waals surface area contributed by atoms with Gasteiger partial charge in [-0.2, -0.15) is 0 Å². The summed E-state index contributed by atoms with van der Waals surface area (Å²) in [5.74, 6) is 0. The van der Waals surface area contributed by atoms with Crippen LogP contribution in [0.15, 0.2) is 41.1 Å². The lowest BCUT2D eigenvalue weighted by Crippen LogP contribution is -1.87. The van der Waals surface area contributed by atoms with Gasteiger partial charge >= 0.3 is 0 Å². The summed E-state index contributed by atoms with van der Waals surface area (Å²) < 4.78 is 0. The van der Waals surface area contributed by atoms with Crippen LogP contribution < -0.4 is 0 Å². The molecule has 0 aromatic rings. The van der Waals surface area contributed by atoms with Crippen LogP contribution in [-0.4, -0.2) is 6.21 Å². The second kappa shape index (κ2) is 10.1. The Morgan fingerprint density at radius 2 is 1.88 bits per heavy atom. The number of hydrogen-bond donors (Lipinski definition) is 0. The van der Waals surface area contributed by atoms with E-state index in [9.17, 15) is 0 Å². The van der Waals surface area contributed by atoms with E-state index in [0.29, 0.717) is 0 Å². The Hall–Kier alpha value is -1.11. The molecule has 0 fully saturated rings. The molecule has 0 heterocycles. The molecule has 0 bridgehead atoms. The maximum atomic E-state index is 4.39. The Morgan fingerprint density at radius 1 is 1.18 bits per heavy atom. The van der Waals surface area contributed by atoms with E-state index in [4.69, 9.17) is 0 Å². The molecule has 0 aliphatic rings. The van der Waals surface area contributed by atoms with E-state index >= 15 is 0 Å². The Bertz CT molecular complexity index is 295. The van der Waals surface area contributed by atoms with Crippen molar-refractivity contribution in [2.45, 2.75) is 59.3 Å². The number of aliphatic imine (C=N–C) groups is 1. The highest BCUT2D eigenvalue weighted by Crippen LogP contribution is 2.15. The van der Waals surface area contributed by atoms with Crippen molar-refractivity contribution < 1.29 is 0 Å². The zero-order valence-corrected chi connectivity index (χ0v) is 11.8. The molecular weight excluding hydrogens is 206 g/mol. The second-order valence-electron chi connectivity index (χ2n) is 4.43. The van der Waals surface area contributed by atoms with Crippen LogP contribution in [0.2, 0.25) is 0 Å². The van der Waals surface area contributed by atoms with Crippen molar-refractivity contribution in [3.63, 3.8) is 0 Å². The van der Waals surface area contributed by atoms with E-state index in [-0.39, 0.29) is 0 Å². The predicted octanol–water partition coefficient (Wildman–Crippen LogP) is 5.45. The molecule has 1 nitrogen and oxygen atoms in total. The standard InChI is InChI=1S/C16H27N/c1-6-9-10-11-14(4)12-15(5)17-13-16(7-2)8-3/h7,13H,4-6,8-12H2,1-3H3/b16-7-,17-13?. The fraction of sp³-hybridized carbons (Fsp3) is 0.562. The summed E-state index contributed by atoms with van der Waals surface area (Å²) in [6.45, 7) is 14.5. The van der Waals surface area contributed by atoms with Crippen LogP contribution in [0, 0.1) is 0 Å². The van der Waals surface area contributed by atoms with Gasteiger partial charge in [-0.15, -0.1) is 0 Å². The zero-order valence-electron chi connectivity index (χ0n) is 11.8. The number of allylic oxidation sites excluding steroid dienone is 3. The van der Waals surface area contributed by atoms with Crippen LogP contribution in [0.3, 0.4) is 0 Å². The molecule has 0 aliphatic carbocycles. The Kier molecular flexibility index (Phi) is 9.41. The first kappa shape index (κ1) is 15.9. The average molecular weight is 233 g/mol. The van der Waals surface area contributed by atoms with Crippen molar-refractivity contribution >= 4 is 6.21 Å². The first-order valence-electron chi connectivity index (χ1n) is 6.67. The van der Waals surface area contributed by atoms with Crippen molar-refractivity contribution in [2.24, 2.45) is 4.99 Å².